The van der Waals surface area contributed by atoms with Gasteiger partial charge in [-0.05, 0) is 60.0 Å². The van der Waals surface area contributed by atoms with Crippen molar-refractivity contribution in [1.82, 2.24) is 16.0 Å². The number of rotatable bonds is 5. The minimum atomic E-state index is -0.381. The van der Waals surface area contributed by atoms with Crippen LogP contribution in [0.3, 0.4) is 0 Å². The Kier molecular flexibility index (Phi) is 6.28. The van der Waals surface area contributed by atoms with Crippen molar-refractivity contribution < 1.29 is 14.0 Å². The lowest BCUT2D eigenvalue weighted by atomic mass is 9.91. The molecule has 3 aromatic rings. The van der Waals surface area contributed by atoms with Crippen molar-refractivity contribution >= 4 is 22.6 Å². The van der Waals surface area contributed by atoms with E-state index in [1.54, 1.807) is 6.92 Å². The van der Waals surface area contributed by atoms with Crippen molar-refractivity contribution in [2.45, 2.75) is 25.9 Å². The van der Waals surface area contributed by atoms with Gasteiger partial charge in [0.2, 0.25) is 5.91 Å². The fourth-order valence-corrected chi connectivity index (χ4v) is 4.19. The van der Waals surface area contributed by atoms with Gasteiger partial charge in [-0.15, -0.1) is 0 Å². The van der Waals surface area contributed by atoms with Crippen molar-refractivity contribution in [2.24, 2.45) is 5.92 Å². The summed E-state index contributed by atoms with van der Waals surface area (Å²) in [5.74, 6) is -1.13. The van der Waals surface area contributed by atoms with Crippen LogP contribution in [-0.2, 0) is 11.3 Å². The molecule has 0 spiro atoms. The van der Waals surface area contributed by atoms with Crippen LogP contribution < -0.4 is 16.0 Å². The third-order valence-electron chi connectivity index (χ3n) is 5.90. The Hall–Kier alpha value is -3.25. The number of amides is 2. The van der Waals surface area contributed by atoms with Gasteiger partial charge < -0.3 is 16.0 Å². The maximum absolute atomic E-state index is 13.4. The Labute approximate surface area is 181 Å². The number of hydrogen-bond donors (Lipinski definition) is 3. The summed E-state index contributed by atoms with van der Waals surface area (Å²) in [6.45, 7) is 3.35. The molecule has 0 radical (unpaired) electrons. The summed E-state index contributed by atoms with van der Waals surface area (Å²) in [5, 5.41) is 11.5. The van der Waals surface area contributed by atoms with Crippen LogP contribution in [0, 0.1) is 18.7 Å². The van der Waals surface area contributed by atoms with Gasteiger partial charge >= 0.3 is 0 Å². The Morgan fingerprint density at radius 2 is 1.90 bits per heavy atom. The van der Waals surface area contributed by atoms with Crippen LogP contribution >= 0.6 is 0 Å². The summed E-state index contributed by atoms with van der Waals surface area (Å²) in [4.78, 5) is 25.7. The predicted octanol–water partition coefficient (Wildman–Crippen LogP) is 3.31. The molecule has 1 heterocycles. The van der Waals surface area contributed by atoms with Gasteiger partial charge in [-0.25, -0.2) is 4.39 Å². The molecule has 3 N–H and O–H groups in total. The zero-order chi connectivity index (χ0) is 21.8. The van der Waals surface area contributed by atoms with Gasteiger partial charge in [0, 0.05) is 24.7 Å². The molecule has 2 atom stereocenters. The summed E-state index contributed by atoms with van der Waals surface area (Å²) in [6, 6.07) is 17.9. The summed E-state index contributed by atoms with van der Waals surface area (Å²) in [7, 11) is 0. The first-order valence-corrected chi connectivity index (χ1v) is 10.5. The lowest BCUT2D eigenvalue weighted by Crippen LogP contribution is -2.54. The summed E-state index contributed by atoms with van der Waals surface area (Å²) in [5.41, 5.74) is 2.05. The van der Waals surface area contributed by atoms with E-state index < -0.39 is 0 Å². The molecule has 1 fully saturated rings. The fraction of sp³-hybridized carbons (Fsp3) is 0.280. The molecule has 4 rings (SSSR count). The van der Waals surface area contributed by atoms with Crippen LogP contribution in [0.2, 0.25) is 0 Å². The van der Waals surface area contributed by atoms with E-state index in [2.05, 4.69) is 28.1 Å². The Balaban J connectivity index is 1.44. The van der Waals surface area contributed by atoms with Gasteiger partial charge in [-0.2, -0.15) is 0 Å². The highest BCUT2D eigenvalue weighted by molar-refractivity contribution is 5.96. The molecule has 1 saturated heterocycles. The fourth-order valence-electron chi connectivity index (χ4n) is 4.19. The Morgan fingerprint density at radius 3 is 2.74 bits per heavy atom. The van der Waals surface area contributed by atoms with Crippen molar-refractivity contribution in [3.8, 4) is 0 Å². The molecule has 0 bridgehead atoms. The van der Waals surface area contributed by atoms with Crippen LogP contribution in [0.4, 0.5) is 4.39 Å². The molecule has 0 aromatic heterocycles. The van der Waals surface area contributed by atoms with E-state index >= 15 is 0 Å². The van der Waals surface area contributed by atoms with Crippen LogP contribution in [0.1, 0.15) is 27.9 Å². The molecule has 160 valence electrons. The molecule has 2 unspecified atom stereocenters. The Bertz CT molecular complexity index is 1110. The first kappa shape index (κ1) is 21.0. The standard InChI is InChI=1S/C25H26FN3O2/c1-16-13-19(26)9-10-20(16)25(31)29-23-11-12-27-15-22(23)24(30)28-14-18-7-4-6-17-5-2-3-8-21(17)18/h2-10,13,22-23,27H,11-12,14-15H2,1H3,(H,28,30)(H,29,31). The molecule has 3 aromatic carbocycles. The monoisotopic (exact) mass is 419 g/mol. The molecular weight excluding hydrogens is 393 g/mol. The van der Waals surface area contributed by atoms with Crippen molar-refractivity contribution in [2.75, 3.05) is 13.1 Å². The highest BCUT2D eigenvalue weighted by atomic mass is 19.1. The number of aryl methyl sites for hydroxylation is 1. The molecule has 0 saturated carbocycles. The van der Waals surface area contributed by atoms with E-state index in [1.807, 2.05) is 30.3 Å². The van der Waals surface area contributed by atoms with Crippen LogP contribution in [0.25, 0.3) is 10.8 Å². The second-order valence-electron chi connectivity index (χ2n) is 7.99. The number of benzene rings is 3. The van der Waals surface area contributed by atoms with Gasteiger partial charge in [0.15, 0.2) is 0 Å². The second-order valence-corrected chi connectivity index (χ2v) is 7.99. The highest BCUT2D eigenvalue weighted by Crippen LogP contribution is 2.19. The lowest BCUT2D eigenvalue weighted by Gasteiger charge is -2.32. The number of fused-ring (bicyclic) bond motifs is 1. The van der Waals surface area contributed by atoms with Crippen LogP contribution in [0.5, 0.6) is 0 Å². The molecule has 1 aliphatic rings. The van der Waals surface area contributed by atoms with E-state index in [4.69, 9.17) is 0 Å². The third-order valence-corrected chi connectivity index (χ3v) is 5.90. The van der Waals surface area contributed by atoms with Gasteiger partial charge in [0.25, 0.3) is 5.91 Å². The molecule has 0 aliphatic carbocycles. The molecule has 31 heavy (non-hydrogen) atoms. The number of hydrogen-bond acceptors (Lipinski definition) is 3. The van der Waals surface area contributed by atoms with Crippen LogP contribution in [-0.4, -0.2) is 30.9 Å². The smallest absolute Gasteiger partial charge is 0.251 e. The number of carbonyl (C=O) groups excluding carboxylic acids is 2. The SMILES string of the molecule is Cc1cc(F)ccc1C(=O)NC1CCNCC1C(=O)NCc1cccc2ccccc12. The van der Waals surface area contributed by atoms with Gasteiger partial charge in [-0.1, -0.05) is 42.5 Å². The average Bonchev–Trinajstić information content (AvgIpc) is 2.77. The number of nitrogens with one attached hydrogen (secondary N) is 3. The number of piperidine rings is 1. The minimum absolute atomic E-state index is 0.0961. The molecular formula is C25H26FN3O2. The normalized spacial score (nSPS) is 18.5. The van der Waals surface area contributed by atoms with Gasteiger partial charge in [0.1, 0.15) is 5.82 Å². The van der Waals surface area contributed by atoms with E-state index in [0.717, 1.165) is 22.9 Å². The zero-order valence-electron chi connectivity index (χ0n) is 17.5. The average molecular weight is 420 g/mol. The zero-order valence-corrected chi connectivity index (χ0v) is 17.5. The van der Waals surface area contributed by atoms with Crippen molar-refractivity contribution in [3.05, 3.63) is 83.2 Å². The summed E-state index contributed by atoms with van der Waals surface area (Å²) >= 11 is 0. The summed E-state index contributed by atoms with van der Waals surface area (Å²) in [6.07, 6.45) is 0.651. The van der Waals surface area contributed by atoms with E-state index in [0.29, 0.717) is 30.6 Å². The summed E-state index contributed by atoms with van der Waals surface area (Å²) < 4.78 is 13.4. The maximum atomic E-state index is 13.4. The first-order valence-electron chi connectivity index (χ1n) is 10.5. The largest absolute Gasteiger partial charge is 0.352 e. The molecule has 5 nitrogen and oxygen atoms in total. The predicted molar refractivity (Wildman–Crippen MR) is 119 cm³/mol. The first-order chi connectivity index (χ1) is 15.0. The van der Waals surface area contributed by atoms with Crippen LogP contribution in [0.15, 0.2) is 60.7 Å². The minimum Gasteiger partial charge on any atom is -0.352 e. The van der Waals surface area contributed by atoms with Crippen molar-refractivity contribution in [3.63, 3.8) is 0 Å². The van der Waals surface area contributed by atoms with Gasteiger partial charge in [-0.3, -0.25) is 9.59 Å². The molecule has 2 amide bonds. The lowest BCUT2D eigenvalue weighted by molar-refractivity contribution is -0.126. The second kappa shape index (κ2) is 9.27. The quantitative estimate of drug-likeness (QED) is 0.594. The van der Waals surface area contributed by atoms with E-state index in [-0.39, 0.29) is 29.6 Å². The highest BCUT2D eigenvalue weighted by Gasteiger charge is 2.32. The topological polar surface area (TPSA) is 70.2 Å². The Morgan fingerprint density at radius 1 is 1.10 bits per heavy atom. The maximum Gasteiger partial charge on any atom is 0.251 e. The number of carbonyl (C=O) groups is 2. The van der Waals surface area contributed by atoms with Crippen molar-refractivity contribution in [1.29, 1.82) is 0 Å². The molecule has 1 aliphatic heterocycles. The van der Waals surface area contributed by atoms with E-state index in [1.165, 1.54) is 18.2 Å². The van der Waals surface area contributed by atoms with Gasteiger partial charge in [0.05, 0.1) is 5.92 Å². The number of halogens is 1. The third kappa shape index (κ3) is 4.75. The van der Waals surface area contributed by atoms with E-state index in [9.17, 15) is 14.0 Å². The molecule has 6 heteroatoms.